The number of carbonyl (C=O) groups excluding carboxylic acids is 1. The van der Waals surface area contributed by atoms with E-state index in [9.17, 15) is 4.79 Å². The summed E-state index contributed by atoms with van der Waals surface area (Å²) in [6, 6.07) is 5.72. The van der Waals surface area contributed by atoms with Crippen molar-refractivity contribution in [1.82, 2.24) is 4.98 Å². The molecule has 1 aromatic rings. The van der Waals surface area contributed by atoms with Crippen molar-refractivity contribution in [2.45, 2.75) is 19.8 Å². The summed E-state index contributed by atoms with van der Waals surface area (Å²) in [5.41, 5.74) is 1.42. The highest BCUT2D eigenvalue weighted by molar-refractivity contribution is 5.72. The molecule has 1 aromatic heterocycles. The maximum absolute atomic E-state index is 11.6. The highest BCUT2D eigenvalue weighted by Crippen LogP contribution is 2.24. The van der Waals surface area contributed by atoms with Crippen LogP contribution in [-0.2, 0) is 9.53 Å². The number of piperidine rings is 1. The fourth-order valence-corrected chi connectivity index (χ4v) is 2.31. The van der Waals surface area contributed by atoms with E-state index >= 15 is 0 Å². The van der Waals surface area contributed by atoms with E-state index in [1.54, 1.807) is 12.3 Å². The van der Waals surface area contributed by atoms with Gasteiger partial charge in [-0.1, -0.05) is 0 Å². The summed E-state index contributed by atoms with van der Waals surface area (Å²) in [4.78, 5) is 17.8. The Bertz CT molecular complexity index is 488. The second-order valence-electron chi connectivity index (χ2n) is 4.52. The van der Waals surface area contributed by atoms with E-state index < -0.39 is 0 Å². The van der Waals surface area contributed by atoms with Crippen LogP contribution in [0, 0.1) is 17.2 Å². The highest BCUT2D eigenvalue weighted by atomic mass is 16.5. The molecule has 100 valence electrons. The highest BCUT2D eigenvalue weighted by Gasteiger charge is 2.26. The van der Waals surface area contributed by atoms with E-state index in [4.69, 9.17) is 10.00 Å². The van der Waals surface area contributed by atoms with Crippen molar-refractivity contribution in [1.29, 1.82) is 5.26 Å². The summed E-state index contributed by atoms with van der Waals surface area (Å²) in [6.07, 6.45) is 3.23. The van der Waals surface area contributed by atoms with Gasteiger partial charge in [0.25, 0.3) is 0 Å². The van der Waals surface area contributed by atoms with Gasteiger partial charge in [-0.15, -0.1) is 0 Å². The van der Waals surface area contributed by atoms with Crippen molar-refractivity contribution in [3.8, 4) is 6.07 Å². The lowest BCUT2D eigenvalue weighted by atomic mass is 9.96. The quantitative estimate of drug-likeness (QED) is 0.773. The number of carbonyl (C=O) groups is 1. The minimum Gasteiger partial charge on any atom is -0.466 e. The molecule has 0 amide bonds. The van der Waals surface area contributed by atoms with Crippen LogP contribution in [0.1, 0.15) is 25.5 Å². The number of anilines is 1. The van der Waals surface area contributed by atoms with E-state index in [1.165, 1.54) is 0 Å². The van der Waals surface area contributed by atoms with Gasteiger partial charge in [0.1, 0.15) is 11.8 Å². The first-order valence-electron chi connectivity index (χ1n) is 6.52. The second kappa shape index (κ2) is 6.19. The topological polar surface area (TPSA) is 66.2 Å². The summed E-state index contributed by atoms with van der Waals surface area (Å²) in [6.45, 7) is 3.87. The third kappa shape index (κ3) is 3.22. The predicted octanol–water partition coefficient (Wildman–Crippen LogP) is 1.73. The number of nitriles is 1. The Balaban J connectivity index is 1.96. The molecule has 0 aliphatic carbocycles. The first-order chi connectivity index (χ1) is 9.24. The Morgan fingerprint density at radius 1 is 1.58 bits per heavy atom. The monoisotopic (exact) mass is 259 g/mol. The molecule has 0 N–H and O–H groups in total. The number of pyridine rings is 1. The van der Waals surface area contributed by atoms with Gasteiger partial charge < -0.3 is 9.64 Å². The van der Waals surface area contributed by atoms with Crippen molar-refractivity contribution < 1.29 is 9.53 Å². The fourth-order valence-electron chi connectivity index (χ4n) is 2.31. The van der Waals surface area contributed by atoms with Crippen LogP contribution >= 0.6 is 0 Å². The fraction of sp³-hybridized carbons (Fsp3) is 0.500. The number of esters is 1. The van der Waals surface area contributed by atoms with Crippen LogP contribution in [0.4, 0.5) is 5.69 Å². The minimum atomic E-state index is -0.0883. The third-order valence-corrected chi connectivity index (χ3v) is 3.34. The average Bonchev–Trinajstić information content (AvgIpc) is 2.48. The number of hydrogen-bond acceptors (Lipinski definition) is 5. The van der Waals surface area contributed by atoms with Crippen LogP contribution in [0.5, 0.6) is 0 Å². The van der Waals surface area contributed by atoms with Crippen molar-refractivity contribution in [2.24, 2.45) is 5.92 Å². The van der Waals surface area contributed by atoms with Crippen LogP contribution in [0.2, 0.25) is 0 Å². The van der Waals surface area contributed by atoms with Gasteiger partial charge in [0.2, 0.25) is 0 Å². The summed E-state index contributed by atoms with van der Waals surface area (Å²) >= 11 is 0. The van der Waals surface area contributed by atoms with Crippen LogP contribution in [0.3, 0.4) is 0 Å². The molecule has 0 spiro atoms. The lowest BCUT2D eigenvalue weighted by molar-refractivity contribution is -0.148. The maximum atomic E-state index is 11.6. The Labute approximate surface area is 112 Å². The van der Waals surface area contributed by atoms with E-state index in [0.29, 0.717) is 12.3 Å². The molecule has 0 saturated carbocycles. The number of nitrogens with zero attached hydrogens (tertiary/aromatic N) is 3. The first-order valence-corrected chi connectivity index (χ1v) is 6.52. The molecule has 0 bridgehead atoms. The van der Waals surface area contributed by atoms with Gasteiger partial charge in [-0.2, -0.15) is 5.26 Å². The Kier molecular flexibility index (Phi) is 4.35. The Hall–Kier alpha value is -2.09. The van der Waals surface area contributed by atoms with Crippen LogP contribution in [0.25, 0.3) is 0 Å². The van der Waals surface area contributed by atoms with E-state index in [1.807, 2.05) is 19.1 Å². The molecule has 0 radical (unpaired) electrons. The SMILES string of the molecule is CCOC(=O)C1CCN(c2ccnc(C#N)c2)CC1. The van der Waals surface area contributed by atoms with Crippen molar-refractivity contribution in [3.63, 3.8) is 0 Å². The zero-order valence-corrected chi connectivity index (χ0v) is 11.0. The number of hydrogen-bond donors (Lipinski definition) is 0. The number of rotatable bonds is 3. The molecule has 2 rings (SSSR count). The van der Waals surface area contributed by atoms with Gasteiger partial charge >= 0.3 is 5.97 Å². The van der Waals surface area contributed by atoms with Crippen LogP contribution < -0.4 is 4.90 Å². The molecule has 0 atom stereocenters. The van der Waals surface area contributed by atoms with E-state index in [-0.39, 0.29) is 11.9 Å². The lowest BCUT2D eigenvalue weighted by Gasteiger charge is -2.32. The largest absolute Gasteiger partial charge is 0.466 e. The summed E-state index contributed by atoms with van der Waals surface area (Å²) < 4.78 is 5.05. The molecule has 1 saturated heterocycles. The molecule has 1 aliphatic rings. The molecule has 5 nitrogen and oxygen atoms in total. The zero-order valence-electron chi connectivity index (χ0n) is 11.0. The second-order valence-corrected chi connectivity index (χ2v) is 4.52. The summed E-state index contributed by atoms with van der Waals surface area (Å²) in [5, 5.41) is 8.84. The minimum absolute atomic E-state index is 0.00785. The van der Waals surface area contributed by atoms with Gasteiger partial charge in [-0.05, 0) is 31.9 Å². The molecule has 0 unspecified atom stereocenters. The summed E-state index contributed by atoms with van der Waals surface area (Å²) in [5.74, 6) is -0.0805. The molecule has 19 heavy (non-hydrogen) atoms. The Morgan fingerprint density at radius 2 is 2.32 bits per heavy atom. The Morgan fingerprint density at radius 3 is 2.95 bits per heavy atom. The lowest BCUT2D eigenvalue weighted by Crippen LogP contribution is -2.37. The zero-order chi connectivity index (χ0) is 13.7. The smallest absolute Gasteiger partial charge is 0.309 e. The molecular weight excluding hydrogens is 242 g/mol. The van der Waals surface area contributed by atoms with Gasteiger partial charge in [-0.3, -0.25) is 4.79 Å². The average molecular weight is 259 g/mol. The molecule has 1 fully saturated rings. The summed E-state index contributed by atoms with van der Waals surface area (Å²) in [7, 11) is 0. The van der Waals surface area contributed by atoms with Crippen molar-refractivity contribution in [3.05, 3.63) is 24.0 Å². The number of ether oxygens (including phenoxy) is 1. The van der Waals surface area contributed by atoms with Gasteiger partial charge in [0.15, 0.2) is 0 Å². The van der Waals surface area contributed by atoms with Crippen molar-refractivity contribution in [2.75, 3.05) is 24.6 Å². The molecular formula is C14H17N3O2. The normalized spacial score (nSPS) is 15.9. The third-order valence-electron chi connectivity index (χ3n) is 3.34. The van der Waals surface area contributed by atoms with Gasteiger partial charge in [-0.25, -0.2) is 4.98 Å². The number of aromatic nitrogens is 1. The maximum Gasteiger partial charge on any atom is 0.309 e. The molecule has 1 aliphatic heterocycles. The standard InChI is InChI=1S/C14H17N3O2/c1-2-19-14(18)11-4-7-17(8-5-11)13-3-6-16-12(9-13)10-15/h3,6,9,11H,2,4-5,7-8H2,1H3. The van der Waals surface area contributed by atoms with Crippen molar-refractivity contribution >= 4 is 11.7 Å². The van der Waals surface area contributed by atoms with E-state index in [2.05, 4.69) is 9.88 Å². The van der Waals surface area contributed by atoms with Gasteiger partial charge in [0, 0.05) is 25.0 Å². The predicted molar refractivity (Wildman–Crippen MR) is 70.5 cm³/mol. The molecule has 2 heterocycles. The van der Waals surface area contributed by atoms with Gasteiger partial charge in [0.05, 0.1) is 12.5 Å². The van der Waals surface area contributed by atoms with E-state index in [0.717, 1.165) is 31.6 Å². The molecule has 5 heteroatoms. The molecule has 0 aromatic carbocycles. The van der Waals surface area contributed by atoms with Crippen LogP contribution in [0.15, 0.2) is 18.3 Å². The first kappa shape index (κ1) is 13.3. The van der Waals surface area contributed by atoms with Crippen LogP contribution in [-0.4, -0.2) is 30.6 Å².